The van der Waals surface area contributed by atoms with E-state index in [1.807, 2.05) is 98.0 Å². The fraction of sp³-hybridized carbons (Fsp3) is 0. The number of aromatic nitrogens is 10. The molecule has 0 aliphatic heterocycles. The van der Waals surface area contributed by atoms with Crippen LogP contribution in [0.25, 0.3) is 259 Å². The highest BCUT2D eigenvalue weighted by Crippen LogP contribution is 2.45. The lowest BCUT2D eigenvalue weighted by molar-refractivity contribution is 1.11. The summed E-state index contributed by atoms with van der Waals surface area (Å²) in [4.78, 5) is 43.2. The highest BCUT2D eigenvalue weighted by atomic mass is 15.1. The zero-order chi connectivity index (χ0) is 92.1. The molecule has 10 heteroatoms. The summed E-state index contributed by atoms with van der Waals surface area (Å²) < 4.78 is 2.27. The van der Waals surface area contributed by atoms with Gasteiger partial charge in [0.15, 0.2) is 0 Å². The van der Waals surface area contributed by atoms with E-state index in [-0.39, 0.29) is 0 Å². The molecule has 27 rings (SSSR count). The molecule has 0 atom stereocenters. The molecule has 139 heavy (non-hydrogen) atoms. The predicted octanol–water partition coefficient (Wildman–Crippen LogP) is 33.1. The SMILES string of the molecule is c1ccc(-c2nc3ccccc3nc2-c2ccc(-c3ccc(-c4ccc5c(c4)ncc4ccccc45)cc3)c3ccccc23)cc1.c1ccc(-n2c(-c3ccc(-c4ccc(-c5ccc6c(c5)ncc5ccccc56)cc4)c4ccccc34)nc3ccccc32)cc1.c1ccc2c(c1)cnc1cc(-c3ccc(-c4ccc(-c5cc(-c6ccncc6)nc(-c6ccncc6)c5)c5ccccc45)cc3)ccc12. The predicted molar refractivity (Wildman–Crippen MR) is 577 cm³/mol. The van der Waals surface area contributed by atoms with Crippen LogP contribution in [0.15, 0.2) is 498 Å². The van der Waals surface area contributed by atoms with Gasteiger partial charge in [-0.15, -0.1) is 0 Å². The summed E-state index contributed by atoms with van der Waals surface area (Å²) in [6.07, 6.45) is 13.1. The van der Waals surface area contributed by atoms with Gasteiger partial charge in [0.05, 0.1) is 61.4 Å². The molecule has 0 aliphatic rings. The molecule has 0 N–H and O–H groups in total. The molecule has 8 aromatic heterocycles. The Bertz CT molecular complexity index is 9370. The van der Waals surface area contributed by atoms with E-state index in [1.165, 1.54) is 109 Å². The van der Waals surface area contributed by atoms with Crippen LogP contribution in [0.4, 0.5) is 0 Å². The third-order valence-electron chi connectivity index (χ3n) is 26.9. The van der Waals surface area contributed by atoms with Crippen LogP contribution in [0.2, 0.25) is 0 Å². The van der Waals surface area contributed by atoms with Gasteiger partial charge in [-0.2, -0.15) is 0 Å². The molecule has 27 aromatic rings. The molecule has 0 bridgehead atoms. The molecule has 0 aliphatic carbocycles. The van der Waals surface area contributed by atoms with Crippen molar-refractivity contribution in [3.8, 4) is 140 Å². The summed E-state index contributed by atoms with van der Waals surface area (Å²) in [6.45, 7) is 0. The summed E-state index contributed by atoms with van der Waals surface area (Å²) >= 11 is 0. The first-order chi connectivity index (χ1) is 68.9. The second-order valence-corrected chi connectivity index (χ2v) is 35.1. The van der Waals surface area contributed by atoms with Crippen molar-refractivity contribution in [3.05, 3.63) is 498 Å². The Morgan fingerprint density at radius 2 is 0.482 bits per heavy atom. The number of benzene rings is 19. The lowest BCUT2D eigenvalue weighted by Gasteiger charge is -2.15. The Labute approximate surface area is 801 Å². The van der Waals surface area contributed by atoms with Gasteiger partial charge in [0, 0.05) is 109 Å². The normalized spacial score (nSPS) is 11.5. The minimum Gasteiger partial charge on any atom is -0.292 e. The second kappa shape index (κ2) is 35.6. The summed E-state index contributed by atoms with van der Waals surface area (Å²) in [5, 5.41) is 17.8. The smallest absolute Gasteiger partial charge is 0.146 e. The molecule has 0 spiro atoms. The topological polar surface area (TPSA) is 121 Å². The number of pyridine rings is 6. The maximum atomic E-state index is 5.19. The third-order valence-corrected chi connectivity index (χ3v) is 26.9. The van der Waals surface area contributed by atoms with Crippen LogP contribution in [0.5, 0.6) is 0 Å². The Balaban J connectivity index is 0.000000110. The number of fused-ring (bicyclic) bond motifs is 14. The molecule has 648 valence electrons. The molecular formula is C129H82N10. The van der Waals surface area contributed by atoms with Crippen molar-refractivity contribution in [3.63, 3.8) is 0 Å². The van der Waals surface area contributed by atoms with Gasteiger partial charge >= 0.3 is 0 Å². The molecule has 19 aromatic carbocycles. The van der Waals surface area contributed by atoms with Crippen molar-refractivity contribution < 1.29 is 0 Å². The van der Waals surface area contributed by atoms with Gasteiger partial charge in [-0.3, -0.25) is 29.5 Å². The lowest BCUT2D eigenvalue weighted by Crippen LogP contribution is -1.98. The minimum absolute atomic E-state index is 0.887. The number of imidazole rings is 1. The van der Waals surface area contributed by atoms with Crippen molar-refractivity contribution >= 4 is 119 Å². The Kier molecular flexibility index (Phi) is 21.1. The second-order valence-electron chi connectivity index (χ2n) is 35.1. The quantitative estimate of drug-likeness (QED) is 0.104. The van der Waals surface area contributed by atoms with Gasteiger partial charge in [0.2, 0.25) is 0 Å². The van der Waals surface area contributed by atoms with E-state index in [2.05, 4.69) is 415 Å². The number of hydrogen-bond acceptors (Lipinski definition) is 9. The third kappa shape index (κ3) is 15.6. The summed E-state index contributed by atoms with van der Waals surface area (Å²) in [5.74, 6) is 0.943. The highest BCUT2D eigenvalue weighted by Gasteiger charge is 2.23. The van der Waals surface area contributed by atoms with Crippen molar-refractivity contribution in [2.75, 3.05) is 0 Å². The molecule has 10 nitrogen and oxygen atoms in total. The van der Waals surface area contributed by atoms with Gasteiger partial charge in [0.1, 0.15) is 5.82 Å². The van der Waals surface area contributed by atoms with E-state index in [1.54, 1.807) is 0 Å². The Morgan fingerprint density at radius 1 is 0.165 bits per heavy atom. The van der Waals surface area contributed by atoms with Gasteiger partial charge < -0.3 is 0 Å². The van der Waals surface area contributed by atoms with Gasteiger partial charge in [-0.25, -0.2) is 19.9 Å². The van der Waals surface area contributed by atoms with Crippen LogP contribution in [-0.4, -0.2) is 49.4 Å². The first kappa shape index (κ1) is 82.2. The number of hydrogen-bond donors (Lipinski definition) is 0. The van der Waals surface area contributed by atoms with Gasteiger partial charge in [-0.1, -0.05) is 358 Å². The molecular weight excluding hydrogens is 1690 g/mol. The maximum absolute atomic E-state index is 5.19. The standard InChI is InChI=1S/C44H28N4.C43H27N3.C42H27N3/c1-2-6-36-34(5-1)28-47-44-25-33(13-14-41(36)44)29-9-11-30(12-10-29)37-15-16-38(40-8-4-3-7-39(37)40)35-26-42(31-17-21-45-22-18-31)48-43(27-35)32-19-23-46-24-20-32;1-2-10-30(11-3-1)42-43(46-40-17-9-8-16-39(40)45-42)38-25-24-34(35-14-6-7-15-36(35)38)29-20-18-28(19-21-29)31-22-23-37-33-13-5-4-12-32(33)27-44-41(37)26-31;1-2-11-32(12-3-1)45-41-17-9-8-16-39(41)44-42(45)38-25-24-34(35-14-6-7-15-36(35)38)29-20-18-28(19-21-29)30-22-23-37-33-13-5-4-10-31(33)27-43-40(37)26-30/h1-28H;1-27H;1-27H. The van der Waals surface area contributed by atoms with Crippen LogP contribution >= 0.6 is 0 Å². The van der Waals surface area contributed by atoms with E-state index in [0.29, 0.717) is 0 Å². The van der Waals surface area contributed by atoms with E-state index in [4.69, 9.17) is 34.9 Å². The number of rotatable bonds is 13. The first-order valence-corrected chi connectivity index (χ1v) is 46.8. The zero-order valence-corrected chi connectivity index (χ0v) is 75.3. The maximum Gasteiger partial charge on any atom is 0.146 e. The van der Waals surface area contributed by atoms with Crippen molar-refractivity contribution in [2.45, 2.75) is 0 Å². The van der Waals surface area contributed by atoms with Crippen LogP contribution in [-0.2, 0) is 0 Å². The lowest BCUT2D eigenvalue weighted by atomic mass is 9.90. The van der Waals surface area contributed by atoms with E-state index in [0.717, 1.165) is 150 Å². The largest absolute Gasteiger partial charge is 0.292 e. The zero-order valence-electron chi connectivity index (χ0n) is 75.3. The average Bonchev–Trinajstić information content (AvgIpc) is 1.66. The van der Waals surface area contributed by atoms with Crippen LogP contribution in [0.1, 0.15) is 0 Å². The van der Waals surface area contributed by atoms with Crippen molar-refractivity contribution in [1.82, 2.24) is 49.4 Å². The van der Waals surface area contributed by atoms with E-state index >= 15 is 0 Å². The molecule has 8 heterocycles. The Morgan fingerprint density at radius 3 is 0.906 bits per heavy atom. The fourth-order valence-electron chi connectivity index (χ4n) is 20.0. The fourth-order valence-corrected chi connectivity index (χ4v) is 20.0. The molecule has 0 saturated carbocycles. The minimum atomic E-state index is 0.887. The first-order valence-electron chi connectivity index (χ1n) is 46.8. The molecule has 0 unspecified atom stereocenters. The van der Waals surface area contributed by atoms with Crippen LogP contribution < -0.4 is 0 Å². The molecule has 0 amide bonds. The number of para-hydroxylation sites is 5. The van der Waals surface area contributed by atoms with E-state index in [9.17, 15) is 0 Å². The molecule has 0 fully saturated rings. The molecule has 0 saturated heterocycles. The van der Waals surface area contributed by atoms with Crippen molar-refractivity contribution in [1.29, 1.82) is 0 Å². The summed E-state index contributed by atoms with van der Waals surface area (Å²) in [6, 6.07) is 161. The monoisotopic (exact) mass is 1770 g/mol. The highest BCUT2D eigenvalue weighted by molar-refractivity contribution is 6.13. The average molecular weight is 1770 g/mol. The summed E-state index contributed by atoms with van der Waals surface area (Å²) in [5.41, 5.74) is 33.2. The summed E-state index contributed by atoms with van der Waals surface area (Å²) in [7, 11) is 0. The van der Waals surface area contributed by atoms with Crippen LogP contribution in [0.3, 0.4) is 0 Å². The van der Waals surface area contributed by atoms with E-state index < -0.39 is 0 Å². The molecule has 0 radical (unpaired) electrons. The number of nitrogens with zero attached hydrogens (tertiary/aromatic N) is 10. The van der Waals surface area contributed by atoms with Gasteiger partial charge in [0.25, 0.3) is 0 Å². The van der Waals surface area contributed by atoms with Crippen LogP contribution in [0, 0.1) is 0 Å². The Hall–Kier alpha value is -18.8. The van der Waals surface area contributed by atoms with Gasteiger partial charge in [-0.05, 0) is 223 Å². The van der Waals surface area contributed by atoms with Crippen molar-refractivity contribution in [2.24, 2.45) is 0 Å².